The molecule has 0 radical (unpaired) electrons. The van der Waals surface area contributed by atoms with Crippen molar-refractivity contribution in [1.82, 2.24) is 14.3 Å². The first-order valence-electron chi connectivity index (χ1n) is 7.76. The van der Waals surface area contributed by atoms with Crippen LogP contribution in [-0.4, -0.2) is 27.4 Å². The van der Waals surface area contributed by atoms with Crippen molar-refractivity contribution in [3.05, 3.63) is 59.9 Å². The molecule has 3 heterocycles. The number of hydrogen-bond donors (Lipinski definition) is 0. The number of aryl methyl sites for hydroxylation is 1. The molecule has 0 saturated carbocycles. The van der Waals surface area contributed by atoms with Crippen LogP contribution in [0.3, 0.4) is 0 Å². The Morgan fingerprint density at radius 2 is 1.96 bits per heavy atom. The normalized spacial score (nSPS) is 12.8. The van der Waals surface area contributed by atoms with Gasteiger partial charge in [0, 0.05) is 18.8 Å². The van der Waals surface area contributed by atoms with E-state index in [2.05, 4.69) is 27.9 Å². The zero-order valence-electron chi connectivity index (χ0n) is 13.6. The summed E-state index contributed by atoms with van der Waals surface area (Å²) in [7, 11) is 3.33. The fraction of sp³-hybridized carbons (Fsp3) is 0.158. The first-order valence-corrected chi connectivity index (χ1v) is 7.76. The summed E-state index contributed by atoms with van der Waals surface area (Å²) in [5.74, 6) is -0.325. The molecule has 0 N–H and O–H groups in total. The van der Waals surface area contributed by atoms with Crippen molar-refractivity contribution < 1.29 is 9.53 Å². The van der Waals surface area contributed by atoms with E-state index in [0.29, 0.717) is 12.1 Å². The molecule has 4 rings (SSSR count). The van der Waals surface area contributed by atoms with E-state index in [1.165, 1.54) is 7.11 Å². The smallest absolute Gasteiger partial charge is 0.335 e. The highest BCUT2D eigenvalue weighted by atomic mass is 16.5. The van der Waals surface area contributed by atoms with Gasteiger partial charge in [-0.3, -0.25) is 4.68 Å². The lowest BCUT2D eigenvalue weighted by Crippen LogP contribution is -2.10. The predicted octanol–water partition coefficient (Wildman–Crippen LogP) is 3.13. The van der Waals surface area contributed by atoms with Crippen LogP contribution >= 0.6 is 0 Å². The second kappa shape index (κ2) is 5.53. The van der Waals surface area contributed by atoms with Crippen molar-refractivity contribution in [2.45, 2.75) is 6.54 Å². The van der Waals surface area contributed by atoms with Gasteiger partial charge in [-0.15, -0.1) is 0 Å². The molecule has 24 heavy (non-hydrogen) atoms. The average molecular weight is 319 g/mol. The number of hydrogen-bond acceptors (Lipinski definition) is 3. The number of methoxy groups -OCH3 is 1. The third-order valence-corrected chi connectivity index (χ3v) is 4.31. The lowest BCUT2D eigenvalue weighted by molar-refractivity contribution is -0.136. The minimum Gasteiger partial charge on any atom is -0.466 e. The van der Waals surface area contributed by atoms with E-state index in [-0.39, 0.29) is 5.97 Å². The van der Waals surface area contributed by atoms with Crippen LogP contribution in [0.2, 0.25) is 0 Å². The predicted molar refractivity (Wildman–Crippen MR) is 92.1 cm³/mol. The topological polar surface area (TPSA) is 49.0 Å². The Hall–Kier alpha value is -3.08. The maximum absolute atomic E-state index is 12.1. The van der Waals surface area contributed by atoms with Crippen molar-refractivity contribution >= 4 is 12.0 Å². The summed E-state index contributed by atoms with van der Waals surface area (Å²) in [6.07, 6.45) is 3.81. The summed E-state index contributed by atoms with van der Waals surface area (Å²) in [5, 5.41) is 4.65. The quantitative estimate of drug-likeness (QED) is 0.682. The second-order valence-corrected chi connectivity index (χ2v) is 5.78. The lowest BCUT2D eigenvalue weighted by Gasteiger charge is -2.10. The summed E-state index contributed by atoms with van der Waals surface area (Å²) in [6.45, 7) is 0.476. The molecule has 120 valence electrons. The van der Waals surface area contributed by atoms with Gasteiger partial charge in [-0.2, -0.15) is 5.10 Å². The standard InChI is InChI=1S/C19H17N3O2/c1-21-18(13-7-4-3-5-8-13)17-15(20-21)11-14(19(23)24-2)12-22-10-6-9-16(17)22/h3-11H,12H2,1-2H3. The molecule has 5 nitrogen and oxygen atoms in total. The van der Waals surface area contributed by atoms with E-state index in [4.69, 9.17) is 4.74 Å². The fourth-order valence-electron chi connectivity index (χ4n) is 3.25. The first kappa shape index (κ1) is 14.5. The highest BCUT2D eigenvalue weighted by Gasteiger charge is 2.25. The van der Waals surface area contributed by atoms with Crippen LogP contribution in [0.4, 0.5) is 0 Å². The Morgan fingerprint density at radius 3 is 2.71 bits per heavy atom. The number of nitrogens with zero attached hydrogens (tertiary/aromatic N) is 3. The first-order chi connectivity index (χ1) is 11.7. The summed E-state index contributed by atoms with van der Waals surface area (Å²) < 4.78 is 8.85. The molecular weight excluding hydrogens is 302 g/mol. The minimum absolute atomic E-state index is 0.325. The molecule has 1 aliphatic rings. The van der Waals surface area contributed by atoms with Crippen LogP contribution in [0.5, 0.6) is 0 Å². The highest BCUT2D eigenvalue weighted by Crippen LogP contribution is 2.38. The third kappa shape index (κ3) is 2.17. The lowest BCUT2D eigenvalue weighted by atomic mass is 10.0. The van der Waals surface area contributed by atoms with Crippen molar-refractivity contribution in [2.75, 3.05) is 7.11 Å². The van der Waals surface area contributed by atoms with E-state index in [1.807, 2.05) is 48.3 Å². The zero-order valence-corrected chi connectivity index (χ0v) is 13.6. The van der Waals surface area contributed by atoms with Gasteiger partial charge >= 0.3 is 5.97 Å². The number of fused-ring (bicyclic) bond motifs is 3. The molecule has 5 heteroatoms. The maximum atomic E-state index is 12.1. The van der Waals surface area contributed by atoms with Gasteiger partial charge in [0.25, 0.3) is 0 Å². The van der Waals surface area contributed by atoms with Crippen LogP contribution in [-0.2, 0) is 23.1 Å². The van der Waals surface area contributed by atoms with E-state index >= 15 is 0 Å². The van der Waals surface area contributed by atoms with Gasteiger partial charge in [0.05, 0.1) is 41.9 Å². The number of rotatable bonds is 2. The minimum atomic E-state index is -0.325. The van der Waals surface area contributed by atoms with E-state index in [0.717, 1.165) is 28.2 Å². The monoisotopic (exact) mass is 319 g/mol. The fourth-order valence-corrected chi connectivity index (χ4v) is 3.25. The molecule has 0 atom stereocenters. The summed E-state index contributed by atoms with van der Waals surface area (Å²) in [4.78, 5) is 12.1. The molecule has 1 aromatic carbocycles. The summed E-state index contributed by atoms with van der Waals surface area (Å²) in [6, 6.07) is 14.2. The molecular formula is C19H17N3O2. The van der Waals surface area contributed by atoms with Crippen molar-refractivity contribution in [1.29, 1.82) is 0 Å². The molecule has 3 aromatic rings. The van der Waals surface area contributed by atoms with Gasteiger partial charge in [0.1, 0.15) is 0 Å². The van der Waals surface area contributed by atoms with Gasteiger partial charge in [-0.1, -0.05) is 30.3 Å². The Balaban J connectivity index is 2.01. The van der Waals surface area contributed by atoms with Gasteiger partial charge in [-0.25, -0.2) is 4.79 Å². The average Bonchev–Trinajstić information content (AvgIpc) is 3.14. The van der Waals surface area contributed by atoms with Gasteiger partial charge in [0.2, 0.25) is 0 Å². The Kier molecular flexibility index (Phi) is 3.34. The van der Waals surface area contributed by atoms with Crippen molar-refractivity contribution in [2.24, 2.45) is 7.05 Å². The van der Waals surface area contributed by atoms with Crippen LogP contribution in [0.1, 0.15) is 5.69 Å². The second-order valence-electron chi connectivity index (χ2n) is 5.78. The van der Waals surface area contributed by atoms with Gasteiger partial charge in [-0.05, 0) is 18.2 Å². The van der Waals surface area contributed by atoms with E-state index < -0.39 is 0 Å². The SMILES string of the molecule is COC(=O)C1=Cc2nn(C)c(-c3ccccc3)c2-c2cccn2C1. The maximum Gasteiger partial charge on any atom is 0.335 e. The van der Waals surface area contributed by atoms with Crippen LogP contribution in [0.25, 0.3) is 28.6 Å². The number of carbonyl (C=O) groups excluding carboxylic acids is 1. The molecule has 0 saturated heterocycles. The van der Waals surface area contributed by atoms with Crippen molar-refractivity contribution in [3.63, 3.8) is 0 Å². The third-order valence-electron chi connectivity index (χ3n) is 4.31. The molecule has 0 amide bonds. The molecule has 0 fully saturated rings. The van der Waals surface area contributed by atoms with Crippen LogP contribution in [0, 0.1) is 0 Å². The van der Waals surface area contributed by atoms with E-state index in [9.17, 15) is 4.79 Å². The Labute approximate surface area is 139 Å². The summed E-state index contributed by atoms with van der Waals surface area (Å²) in [5.41, 5.74) is 5.59. The Morgan fingerprint density at radius 1 is 1.17 bits per heavy atom. The molecule has 0 unspecified atom stereocenters. The van der Waals surface area contributed by atoms with Crippen LogP contribution in [0.15, 0.2) is 54.2 Å². The molecule has 0 spiro atoms. The number of carbonyl (C=O) groups is 1. The highest BCUT2D eigenvalue weighted by molar-refractivity contribution is 5.97. The number of aromatic nitrogens is 3. The largest absolute Gasteiger partial charge is 0.466 e. The van der Waals surface area contributed by atoms with Gasteiger partial charge in [0.15, 0.2) is 0 Å². The van der Waals surface area contributed by atoms with Gasteiger partial charge < -0.3 is 9.30 Å². The number of esters is 1. The number of ether oxygens (including phenoxy) is 1. The van der Waals surface area contributed by atoms with E-state index in [1.54, 1.807) is 0 Å². The molecule has 0 aliphatic carbocycles. The zero-order chi connectivity index (χ0) is 16.7. The van der Waals surface area contributed by atoms with Crippen LogP contribution < -0.4 is 0 Å². The molecule has 1 aliphatic heterocycles. The molecule has 0 bridgehead atoms. The number of benzene rings is 1. The molecule has 2 aromatic heterocycles. The van der Waals surface area contributed by atoms with Crippen molar-refractivity contribution in [3.8, 4) is 22.5 Å². The Bertz CT molecular complexity index is 948. The summed E-state index contributed by atoms with van der Waals surface area (Å²) >= 11 is 0.